The number of rotatable bonds is 4. The van der Waals surface area contributed by atoms with E-state index in [4.69, 9.17) is 4.74 Å². The Kier molecular flexibility index (Phi) is 6.66. The van der Waals surface area contributed by atoms with Gasteiger partial charge in [0.2, 0.25) is 0 Å². The lowest BCUT2D eigenvalue weighted by atomic mass is 10.1. The summed E-state index contributed by atoms with van der Waals surface area (Å²) in [5, 5.41) is 6.46. The molecular weight excluding hydrogens is 344 g/mol. The molecule has 0 bridgehead atoms. The van der Waals surface area contributed by atoms with Gasteiger partial charge in [0, 0.05) is 17.5 Å². The highest BCUT2D eigenvalue weighted by Gasteiger charge is 2.19. The Morgan fingerprint density at radius 1 is 1.33 bits per heavy atom. The molecule has 2 N–H and O–H groups in total. The molecule has 0 saturated carbocycles. The Hall–Kier alpha value is -1.56. The molecule has 1 fully saturated rings. The summed E-state index contributed by atoms with van der Waals surface area (Å²) in [4.78, 5) is 14.4. The molecule has 1 aliphatic rings. The number of carbonyl (C=O) groups excluding carboxylic acids is 1. The average Bonchev–Trinajstić information content (AvgIpc) is 2.98. The summed E-state index contributed by atoms with van der Waals surface area (Å²) in [5.74, 6) is 0.871. The van der Waals surface area contributed by atoms with Gasteiger partial charge < -0.3 is 15.4 Å². The van der Waals surface area contributed by atoms with Crippen molar-refractivity contribution in [3.63, 3.8) is 0 Å². The molecule has 24 heavy (non-hydrogen) atoms. The van der Waals surface area contributed by atoms with E-state index in [1.54, 1.807) is 18.4 Å². The quantitative estimate of drug-likeness (QED) is 0.868. The number of methoxy groups -OCH3 is 1. The molecule has 6 heteroatoms. The van der Waals surface area contributed by atoms with Gasteiger partial charge in [0.05, 0.1) is 12.0 Å². The number of thiophene rings is 1. The Bertz CT molecular complexity index is 679. The van der Waals surface area contributed by atoms with Crippen LogP contribution in [0.15, 0.2) is 30.3 Å². The minimum atomic E-state index is 0. The van der Waals surface area contributed by atoms with Crippen molar-refractivity contribution < 1.29 is 9.53 Å². The van der Waals surface area contributed by atoms with Gasteiger partial charge >= 0.3 is 0 Å². The molecule has 0 unspecified atom stereocenters. The van der Waals surface area contributed by atoms with Crippen molar-refractivity contribution in [3.8, 4) is 16.9 Å². The van der Waals surface area contributed by atoms with Crippen LogP contribution in [0.3, 0.4) is 0 Å². The van der Waals surface area contributed by atoms with E-state index < -0.39 is 0 Å². The van der Waals surface area contributed by atoms with Crippen LogP contribution in [0, 0.1) is 6.92 Å². The van der Waals surface area contributed by atoms with Gasteiger partial charge in [-0.15, -0.1) is 23.7 Å². The molecule has 1 saturated heterocycles. The minimum Gasteiger partial charge on any atom is -0.497 e. The Labute approximate surface area is 153 Å². The number of benzene rings is 1. The predicted octanol–water partition coefficient (Wildman–Crippen LogP) is 3.64. The first-order valence-corrected chi connectivity index (χ1v) is 8.75. The van der Waals surface area contributed by atoms with Crippen molar-refractivity contribution in [2.75, 3.05) is 20.2 Å². The summed E-state index contributed by atoms with van der Waals surface area (Å²) >= 11 is 1.55. The zero-order valence-electron chi connectivity index (χ0n) is 13.9. The van der Waals surface area contributed by atoms with E-state index in [2.05, 4.69) is 17.6 Å². The third-order valence-corrected chi connectivity index (χ3v) is 5.22. The fourth-order valence-electron chi connectivity index (χ4n) is 2.88. The molecule has 1 atom stereocenters. The van der Waals surface area contributed by atoms with Gasteiger partial charge in [-0.1, -0.05) is 12.1 Å². The standard InChI is InChI=1S/C18H22N2O2S.ClH/c1-12-16(13-5-7-15(22-2)8-6-13)10-17(23-12)18(21)20-14-4-3-9-19-11-14;/h5-8,10,14,19H,3-4,9,11H2,1-2H3,(H,20,21);1H/t14-;/m0./s1. The summed E-state index contributed by atoms with van der Waals surface area (Å²) in [6.07, 6.45) is 2.17. The largest absolute Gasteiger partial charge is 0.497 e. The number of aryl methyl sites for hydroxylation is 1. The molecule has 0 radical (unpaired) electrons. The van der Waals surface area contributed by atoms with E-state index in [-0.39, 0.29) is 24.4 Å². The molecule has 2 aromatic rings. The fraction of sp³-hybridized carbons (Fsp3) is 0.389. The summed E-state index contributed by atoms with van der Waals surface area (Å²) < 4.78 is 5.20. The van der Waals surface area contributed by atoms with Gasteiger partial charge in [-0.2, -0.15) is 0 Å². The maximum absolute atomic E-state index is 12.5. The highest BCUT2D eigenvalue weighted by Crippen LogP contribution is 2.32. The van der Waals surface area contributed by atoms with Crippen LogP contribution in [-0.2, 0) is 0 Å². The molecule has 1 aromatic heterocycles. The second-order valence-electron chi connectivity index (χ2n) is 5.83. The third-order valence-electron chi connectivity index (χ3n) is 4.17. The topological polar surface area (TPSA) is 50.4 Å². The summed E-state index contributed by atoms with van der Waals surface area (Å²) in [7, 11) is 1.66. The van der Waals surface area contributed by atoms with E-state index in [0.29, 0.717) is 0 Å². The number of carbonyl (C=O) groups is 1. The van der Waals surface area contributed by atoms with Crippen molar-refractivity contribution in [2.45, 2.75) is 25.8 Å². The number of nitrogens with one attached hydrogen (secondary N) is 2. The van der Waals surface area contributed by atoms with Crippen molar-refractivity contribution >= 4 is 29.7 Å². The van der Waals surface area contributed by atoms with Crippen LogP contribution in [0.1, 0.15) is 27.4 Å². The second kappa shape index (κ2) is 8.51. The van der Waals surface area contributed by atoms with Crippen molar-refractivity contribution in [1.29, 1.82) is 0 Å². The zero-order valence-corrected chi connectivity index (χ0v) is 15.6. The molecule has 4 nitrogen and oxygen atoms in total. The first kappa shape index (κ1) is 18.8. The predicted molar refractivity (Wildman–Crippen MR) is 102 cm³/mol. The fourth-order valence-corrected chi connectivity index (χ4v) is 3.83. The SMILES string of the molecule is COc1ccc(-c2cc(C(=O)N[C@H]3CCCNC3)sc2C)cc1.Cl. The van der Waals surface area contributed by atoms with Crippen molar-refractivity contribution in [1.82, 2.24) is 10.6 Å². The van der Waals surface area contributed by atoms with Crippen molar-refractivity contribution in [2.24, 2.45) is 0 Å². The van der Waals surface area contributed by atoms with Crippen LogP contribution in [0.4, 0.5) is 0 Å². The maximum atomic E-state index is 12.5. The average molecular weight is 367 g/mol. The second-order valence-corrected chi connectivity index (χ2v) is 7.08. The van der Waals surface area contributed by atoms with Crippen molar-refractivity contribution in [3.05, 3.63) is 40.1 Å². The normalized spacial score (nSPS) is 17.0. The number of amides is 1. The molecule has 1 aromatic carbocycles. The van der Waals surface area contributed by atoms with Crippen LogP contribution in [-0.4, -0.2) is 32.1 Å². The summed E-state index contributed by atoms with van der Waals surface area (Å²) in [6.45, 7) is 3.97. The van der Waals surface area contributed by atoms with E-state index in [1.807, 2.05) is 30.3 Å². The van der Waals surface area contributed by atoms with Gasteiger partial charge in [0.15, 0.2) is 0 Å². The van der Waals surface area contributed by atoms with Crippen LogP contribution >= 0.6 is 23.7 Å². The molecule has 0 spiro atoms. The van der Waals surface area contributed by atoms with Crippen LogP contribution < -0.4 is 15.4 Å². The first-order valence-electron chi connectivity index (χ1n) is 7.94. The zero-order chi connectivity index (χ0) is 16.2. The molecular formula is C18H23ClN2O2S. The summed E-state index contributed by atoms with van der Waals surface area (Å²) in [6, 6.07) is 10.2. The van der Waals surface area contributed by atoms with E-state index in [1.165, 1.54) is 0 Å². The highest BCUT2D eigenvalue weighted by molar-refractivity contribution is 7.14. The number of hydrogen-bond donors (Lipinski definition) is 2. The smallest absolute Gasteiger partial charge is 0.261 e. The lowest BCUT2D eigenvalue weighted by Gasteiger charge is -2.23. The highest BCUT2D eigenvalue weighted by atomic mass is 35.5. The van der Waals surface area contributed by atoms with Crippen LogP contribution in [0.2, 0.25) is 0 Å². The molecule has 1 aliphatic heterocycles. The Morgan fingerprint density at radius 3 is 2.71 bits per heavy atom. The maximum Gasteiger partial charge on any atom is 0.261 e. The molecule has 3 rings (SSSR count). The number of halogens is 1. The Morgan fingerprint density at radius 2 is 2.08 bits per heavy atom. The molecule has 0 aliphatic carbocycles. The third kappa shape index (κ3) is 4.29. The van der Waals surface area contributed by atoms with E-state index in [0.717, 1.165) is 52.6 Å². The monoisotopic (exact) mass is 366 g/mol. The first-order chi connectivity index (χ1) is 11.2. The lowest BCUT2D eigenvalue weighted by molar-refractivity contribution is 0.0935. The molecule has 1 amide bonds. The van der Waals surface area contributed by atoms with E-state index >= 15 is 0 Å². The number of piperidine rings is 1. The van der Waals surface area contributed by atoms with Gasteiger partial charge in [-0.3, -0.25) is 4.79 Å². The van der Waals surface area contributed by atoms with Crippen LogP contribution in [0.25, 0.3) is 11.1 Å². The summed E-state index contributed by atoms with van der Waals surface area (Å²) in [5.41, 5.74) is 2.22. The minimum absolute atomic E-state index is 0. The molecule has 130 valence electrons. The van der Waals surface area contributed by atoms with Crippen LogP contribution in [0.5, 0.6) is 5.75 Å². The number of hydrogen-bond acceptors (Lipinski definition) is 4. The van der Waals surface area contributed by atoms with Gasteiger partial charge in [-0.25, -0.2) is 0 Å². The van der Waals surface area contributed by atoms with Gasteiger partial charge in [-0.05, 0) is 55.6 Å². The Balaban J connectivity index is 0.00000208. The lowest BCUT2D eigenvalue weighted by Crippen LogP contribution is -2.45. The van der Waals surface area contributed by atoms with Gasteiger partial charge in [0.1, 0.15) is 5.75 Å². The number of ether oxygens (including phenoxy) is 1. The van der Waals surface area contributed by atoms with Gasteiger partial charge in [0.25, 0.3) is 5.91 Å². The van der Waals surface area contributed by atoms with E-state index in [9.17, 15) is 4.79 Å². The molecule has 2 heterocycles.